The van der Waals surface area contributed by atoms with Crippen LogP contribution in [0.2, 0.25) is 0 Å². The molecule has 1 heterocycles. The fourth-order valence-electron chi connectivity index (χ4n) is 3.58. The van der Waals surface area contributed by atoms with E-state index in [2.05, 4.69) is 15.4 Å². The van der Waals surface area contributed by atoms with E-state index in [0.717, 1.165) is 5.56 Å². The van der Waals surface area contributed by atoms with Crippen LogP contribution in [0, 0.1) is 0 Å². The maximum atomic E-state index is 13.2. The lowest BCUT2D eigenvalue weighted by Crippen LogP contribution is -2.37. The van der Waals surface area contributed by atoms with Crippen LogP contribution in [0.4, 0.5) is 11.4 Å². The Morgan fingerprint density at radius 3 is 2.55 bits per heavy atom. The SMILES string of the molecule is COc1cccc(NC(=O)[C@H](NS(=O)(=O)c2ccc3c(c2)CCC(=O)N3)c2ccccc2)c1. The molecule has 8 nitrogen and oxygen atoms in total. The number of hydrogen-bond donors (Lipinski definition) is 3. The van der Waals surface area contributed by atoms with Crippen molar-refractivity contribution in [2.24, 2.45) is 0 Å². The van der Waals surface area contributed by atoms with E-state index in [-0.39, 0.29) is 10.8 Å². The third kappa shape index (κ3) is 5.21. The van der Waals surface area contributed by atoms with Gasteiger partial charge in [0.15, 0.2) is 0 Å². The standard InChI is InChI=1S/C24H23N3O5S/c1-32-19-9-5-8-18(15-19)25-24(29)23(16-6-3-2-4-7-16)27-33(30,31)20-11-12-21-17(14-20)10-13-22(28)26-21/h2-9,11-12,14-15,23,27H,10,13H2,1H3,(H,25,29)(H,26,28)/t23-/m1/s1. The van der Waals surface area contributed by atoms with Gasteiger partial charge in [-0.1, -0.05) is 36.4 Å². The number of carbonyl (C=O) groups excluding carboxylic acids is 2. The van der Waals surface area contributed by atoms with E-state index in [1.165, 1.54) is 19.2 Å². The third-order valence-corrected chi connectivity index (χ3v) is 6.71. The molecule has 3 N–H and O–H groups in total. The summed E-state index contributed by atoms with van der Waals surface area (Å²) in [6.45, 7) is 0. The molecule has 9 heteroatoms. The predicted octanol–water partition coefficient (Wildman–Crippen LogP) is 3.24. The highest BCUT2D eigenvalue weighted by Crippen LogP contribution is 2.27. The summed E-state index contributed by atoms with van der Waals surface area (Å²) in [4.78, 5) is 24.8. The maximum absolute atomic E-state index is 13.2. The first-order valence-corrected chi connectivity index (χ1v) is 11.8. The topological polar surface area (TPSA) is 114 Å². The number of rotatable bonds is 7. The van der Waals surface area contributed by atoms with E-state index in [4.69, 9.17) is 4.74 Å². The number of aryl methyl sites for hydroxylation is 1. The second-order valence-electron chi connectivity index (χ2n) is 7.55. The molecular weight excluding hydrogens is 442 g/mol. The maximum Gasteiger partial charge on any atom is 0.247 e. The number of anilines is 2. The van der Waals surface area contributed by atoms with E-state index in [1.807, 2.05) is 0 Å². The number of sulfonamides is 1. The summed E-state index contributed by atoms with van der Waals surface area (Å²) in [5, 5.41) is 5.48. The number of nitrogens with one attached hydrogen (secondary N) is 3. The van der Waals surface area contributed by atoms with Gasteiger partial charge in [0.1, 0.15) is 11.8 Å². The van der Waals surface area contributed by atoms with Crippen LogP contribution in [0.15, 0.2) is 77.7 Å². The van der Waals surface area contributed by atoms with Gasteiger partial charge in [-0.3, -0.25) is 9.59 Å². The first-order valence-electron chi connectivity index (χ1n) is 10.3. The highest BCUT2D eigenvalue weighted by molar-refractivity contribution is 7.89. The largest absolute Gasteiger partial charge is 0.497 e. The molecule has 0 bridgehead atoms. The molecule has 2 amide bonds. The average Bonchev–Trinajstić information content (AvgIpc) is 2.82. The summed E-state index contributed by atoms with van der Waals surface area (Å²) in [7, 11) is -2.53. The van der Waals surface area contributed by atoms with Crippen LogP contribution >= 0.6 is 0 Å². The highest BCUT2D eigenvalue weighted by atomic mass is 32.2. The molecule has 0 aromatic heterocycles. The van der Waals surface area contributed by atoms with Crippen molar-refractivity contribution in [2.45, 2.75) is 23.8 Å². The summed E-state index contributed by atoms with van der Waals surface area (Å²) in [5.41, 5.74) is 2.30. The molecule has 0 radical (unpaired) electrons. The van der Waals surface area contributed by atoms with Crippen molar-refractivity contribution in [3.63, 3.8) is 0 Å². The average molecular weight is 466 g/mol. The quantitative estimate of drug-likeness (QED) is 0.496. The lowest BCUT2D eigenvalue weighted by molar-refractivity contribution is -0.118. The van der Waals surface area contributed by atoms with Crippen molar-refractivity contribution >= 4 is 33.2 Å². The Morgan fingerprint density at radius 1 is 1.00 bits per heavy atom. The van der Waals surface area contributed by atoms with Gasteiger partial charge < -0.3 is 15.4 Å². The van der Waals surface area contributed by atoms with Crippen molar-refractivity contribution in [2.75, 3.05) is 17.7 Å². The van der Waals surface area contributed by atoms with Crippen molar-refractivity contribution in [1.29, 1.82) is 0 Å². The Labute approximate surface area is 192 Å². The fourth-order valence-corrected chi connectivity index (χ4v) is 4.82. The van der Waals surface area contributed by atoms with Gasteiger partial charge in [-0.15, -0.1) is 0 Å². The number of fused-ring (bicyclic) bond motifs is 1. The molecule has 0 saturated carbocycles. The van der Waals surface area contributed by atoms with E-state index in [9.17, 15) is 18.0 Å². The van der Waals surface area contributed by atoms with Gasteiger partial charge in [0.25, 0.3) is 0 Å². The van der Waals surface area contributed by atoms with E-state index >= 15 is 0 Å². The molecule has 0 spiro atoms. The van der Waals surface area contributed by atoms with Crippen molar-refractivity contribution in [3.8, 4) is 5.75 Å². The molecular formula is C24H23N3O5S. The van der Waals surface area contributed by atoms with Crippen LogP contribution in [-0.4, -0.2) is 27.3 Å². The summed E-state index contributed by atoms with van der Waals surface area (Å²) in [5.74, 6) is -0.0800. The minimum atomic E-state index is -4.05. The van der Waals surface area contributed by atoms with Gasteiger partial charge in [0.05, 0.1) is 12.0 Å². The zero-order valence-corrected chi connectivity index (χ0v) is 18.7. The Hall–Kier alpha value is -3.69. The number of hydrogen-bond acceptors (Lipinski definition) is 5. The molecule has 33 heavy (non-hydrogen) atoms. The molecule has 3 aromatic carbocycles. The summed E-state index contributed by atoms with van der Waals surface area (Å²) < 4.78 is 34.2. The van der Waals surface area contributed by atoms with Crippen molar-refractivity contribution in [1.82, 2.24) is 4.72 Å². The van der Waals surface area contributed by atoms with E-state index in [1.54, 1.807) is 60.7 Å². The molecule has 0 saturated heterocycles. The monoisotopic (exact) mass is 465 g/mol. The first kappa shape index (κ1) is 22.5. The van der Waals surface area contributed by atoms with Crippen LogP contribution in [-0.2, 0) is 26.0 Å². The molecule has 0 fully saturated rings. The minimum Gasteiger partial charge on any atom is -0.497 e. The molecule has 170 valence electrons. The van der Waals surface area contributed by atoms with Crippen LogP contribution in [0.3, 0.4) is 0 Å². The number of methoxy groups -OCH3 is 1. The van der Waals surface area contributed by atoms with Crippen molar-refractivity contribution in [3.05, 3.63) is 83.9 Å². The molecule has 0 aliphatic carbocycles. The summed E-state index contributed by atoms with van der Waals surface area (Å²) in [6, 6.07) is 18.7. The van der Waals surface area contributed by atoms with Gasteiger partial charge in [0, 0.05) is 23.9 Å². The molecule has 0 unspecified atom stereocenters. The number of carbonyl (C=O) groups is 2. The van der Waals surface area contributed by atoms with Gasteiger partial charge in [-0.05, 0) is 47.9 Å². The second-order valence-corrected chi connectivity index (χ2v) is 9.27. The molecule has 1 aliphatic rings. The highest BCUT2D eigenvalue weighted by Gasteiger charge is 2.28. The van der Waals surface area contributed by atoms with E-state index in [0.29, 0.717) is 35.5 Å². The van der Waals surface area contributed by atoms with Gasteiger partial charge in [0.2, 0.25) is 21.8 Å². The second kappa shape index (κ2) is 9.43. The molecule has 4 rings (SSSR count). The Bertz CT molecular complexity index is 1290. The predicted molar refractivity (Wildman–Crippen MR) is 125 cm³/mol. The van der Waals surface area contributed by atoms with Gasteiger partial charge >= 0.3 is 0 Å². The van der Waals surface area contributed by atoms with Crippen LogP contribution < -0.4 is 20.1 Å². The van der Waals surface area contributed by atoms with Crippen LogP contribution in [0.5, 0.6) is 5.75 Å². The smallest absolute Gasteiger partial charge is 0.247 e. The lowest BCUT2D eigenvalue weighted by Gasteiger charge is -2.21. The van der Waals surface area contributed by atoms with Gasteiger partial charge in [-0.2, -0.15) is 4.72 Å². The fraction of sp³-hybridized carbons (Fsp3) is 0.167. The molecule has 1 atom stereocenters. The number of benzene rings is 3. The molecule has 3 aromatic rings. The molecule has 1 aliphatic heterocycles. The van der Waals surface area contributed by atoms with Crippen molar-refractivity contribution < 1.29 is 22.7 Å². The Balaban J connectivity index is 1.62. The first-order chi connectivity index (χ1) is 15.9. The summed E-state index contributed by atoms with van der Waals surface area (Å²) in [6.07, 6.45) is 0.739. The van der Waals surface area contributed by atoms with Crippen LogP contribution in [0.1, 0.15) is 23.6 Å². The van der Waals surface area contributed by atoms with E-state index < -0.39 is 22.0 Å². The lowest BCUT2D eigenvalue weighted by atomic mass is 10.0. The van der Waals surface area contributed by atoms with Gasteiger partial charge in [-0.25, -0.2) is 8.42 Å². The Morgan fingerprint density at radius 2 is 1.79 bits per heavy atom. The third-order valence-electron chi connectivity index (χ3n) is 5.29. The zero-order valence-electron chi connectivity index (χ0n) is 17.9. The zero-order chi connectivity index (χ0) is 23.4. The van der Waals surface area contributed by atoms with Crippen LogP contribution in [0.25, 0.3) is 0 Å². The summed E-state index contributed by atoms with van der Waals surface area (Å²) >= 11 is 0. The number of ether oxygens (including phenoxy) is 1. The normalized spacial score (nSPS) is 14.0. The minimum absolute atomic E-state index is 0.0208. The Kier molecular flexibility index (Phi) is 6.43. The number of amides is 2.